The fraction of sp³-hybridized carbons (Fsp3) is 0.360. The van der Waals surface area contributed by atoms with Crippen LogP contribution in [0.15, 0.2) is 57.1 Å². The van der Waals surface area contributed by atoms with E-state index in [9.17, 15) is 17.6 Å². The van der Waals surface area contributed by atoms with E-state index in [0.29, 0.717) is 5.95 Å². The minimum absolute atomic E-state index is 0.0209. The van der Waals surface area contributed by atoms with E-state index < -0.39 is 15.8 Å². The highest BCUT2D eigenvalue weighted by atomic mass is 32.2. The molecule has 0 amide bonds. The Balaban J connectivity index is 1.36. The van der Waals surface area contributed by atoms with E-state index in [2.05, 4.69) is 38.9 Å². The highest BCUT2D eigenvalue weighted by molar-refractivity contribution is 7.99. The van der Waals surface area contributed by atoms with Crippen LogP contribution in [0.1, 0.15) is 24.0 Å². The van der Waals surface area contributed by atoms with Gasteiger partial charge in [-0.25, -0.2) is 12.8 Å². The van der Waals surface area contributed by atoms with Crippen molar-refractivity contribution in [1.82, 2.24) is 9.55 Å². The van der Waals surface area contributed by atoms with Gasteiger partial charge < -0.3 is 10.6 Å². The average Bonchev–Trinajstić information content (AvgIpc) is 3.18. The van der Waals surface area contributed by atoms with Gasteiger partial charge in [0.05, 0.1) is 16.8 Å². The van der Waals surface area contributed by atoms with Crippen LogP contribution in [0.4, 0.5) is 21.8 Å². The van der Waals surface area contributed by atoms with Crippen LogP contribution < -0.4 is 20.9 Å². The number of nitrogens with zero attached hydrogens (tertiary/aromatic N) is 3. The van der Waals surface area contributed by atoms with Gasteiger partial charge in [-0.1, -0.05) is 42.1 Å². The third-order valence-electron chi connectivity index (χ3n) is 7.08. The molecular formula is C25H28FN5O3S2. The Kier molecular flexibility index (Phi) is 6.24. The summed E-state index contributed by atoms with van der Waals surface area (Å²) in [7, 11) is -2.02. The van der Waals surface area contributed by atoms with Crippen molar-refractivity contribution in [2.75, 3.05) is 34.7 Å². The SMILES string of the molecule is Cn1c(N2CCC3(CC2)Cc2ccccc2C3)nc(N)c(Sc2cccc(NS(C)(=O)=O)c2F)c1=O. The summed E-state index contributed by atoms with van der Waals surface area (Å²) < 4.78 is 41.6. The Morgan fingerprint density at radius 1 is 1.08 bits per heavy atom. The van der Waals surface area contributed by atoms with Crippen molar-refractivity contribution in [2.45, 2.75) is 35.5 Å². The zero-order valence-corrected chi connectivity index (χ0v) is 21.8. The monoisotopic (exact) mass is 529 g/mol. The van der Waals surface area contributed by atoms with Crippen molar-refractivity contribution in [3.05, 3.63) is 69.8 Å². The number of nitrogen functional groups attached to an aromatic ring is 1. The molecule has 11 heteroatoms. The maximum atomic E-state index is 14.9. The summed E-state index contributed by atoms with van der Waals surface area (Å²) in [5.41, 5.74) is 8.75. The summed E-state index contributed by atoms with van der Waals surface area (Å²) in [4.78, 5) is 20.0. The Morgan fingerprint density at radius 2 is 1.72 bits per heavy atom. The number of aromatic nitrogens is 2. The van der Waals surface area contributed by atoms with Crippen LogP contribution in [0.5, 0.6) is 0 Å². The molecule has 3 N–H and O–H groups in total. The number of piperidine rings is 1. The number of halogens is 1. The number of nitrogens with two attached hydrogens (primary N) is 1. The van der Waals surface area contributed by atoms with Crippen LogP contribution in [0, 0.1) is 11.2 Å². The molecule has 1 spiro atoms. The number of hydrogen-bond acceptors (Lipinski definition) is 7. The van der Waals surface area contributed by atoms with Crippen molar-refractivity contribution in [1.29, 1.82) is 0 Å². The lowest BCUT2D eigenvalue weighted by atomic mass is 9.76. The second-order valence-corrected chi connectivity index (χ2v) is 12.5. The molecule has 0 radical (unpaired) electrons. The number of anilines is 3. The van der Waals surface area contributed by atoms with Crippen LogP contribution in [-0.4, -0.2) is 37.3 Å². The molecule has 0 saturated carbocycles. The van der Waals surface area contributed by atoms with Crippen LogP contribution in [0.25, 0.3) is 0 Å². The highest BCUT2D eigenvalue weighted by Gasteiger charge is 2.40. The zero-order chi connectivity index (χ0) is 25.7. The maximum Gasteiger partial charge on any atom is 0.270 e. The largest absolute Gasteiger partial charge is 0.382 e. The normalized spacial score (nSPS) is 16.8. The van der Waals surface area contributed by atoms with Crippen LogP contribution in [0.2, 0.25) is 0 Å². The fourth-order valence-corrected chi connectivity index (χ4v) is 6.75. The zero-order valence-electron chi connectivity index (χ0n) is 20.1. The number of rotatable bonds is 5. The first-order valence-electron chi connectivity index (χ1n) is 11.7. The molecule has 0 atom stereocenters. The first-order chi connectivity index (χ1) is 17.1. The molecule has 2 aliphatic rings. The lowest BCUT2D eigenvalue weighted by molar-refractivity contribution is 0.231. The van der Waals surface area contributed by atoms with E-state index >= 15 is 0 Å². The molecule has 0 unspecified atom stereocenters. The lowest BCUT2D eigenvalue weighted by Gasteiger charge is -2.40. The summed E-state index contributed by atoms with van der Waals surface area (Å²) in [5, 5.41) is 0. The Morgan fingerprint density at radius 3 is 2.33 bits per heavy atom. The number of fused-ring (bicyclic) bond motifs is 1. The van der Waals surface area contributed by atoms with Crippen LogP contribution >= 0.6 is 11.8 Å². The number of benzene rings is 2. The van der Waals surface area contributed by atoms with Crippen molar-refractivity contribution in [3.63, 3.8) is 0 Å². The molecule has 0 bridgehead atoms. The summed E-state index contributed by atoms with van der Waals surface area (Å²) in [6.45, 7) is 1.54. The number of nitrogens with one attached hydrogen (secondary N) is 1. The maximum absolute atomic E-state index is 14.9. The van der Waals surface area contributed by atoms with E-state index in [1.54, 1.807) is 7.05 Å². The van der Waals surface area contributed by atoms with Crippen molar-refractivity contribution < 1.29 is 12.8 Å². The molecule has 2 heterocycles. The first kappa shape index (κ1) is 24.6. The third-order valence-corrected chi connectivity index (χ3v) is 8.79. The summed E-state index contributed by atoms with van der Waals surface area (Å²) in [5.74, 6) is -0.259. The minimum Gasteiger partial charge on any atom is -0.382 e. The Hall–Kier alpha value is -3.05. The molecule has 3 aromatic rings. The van der Waals surface area contributed by atoms with Gasteiger partial charge in [-0.05, 0) is 54.4 Å². The molecule has 36 heavy (non-hydrogen) atoms. The molecule has 5 rings (SSSR count). The summed E-state index contributed by atoms with van der Waals surface area (Å²) in [6, 6.07) is 12.9. The molecular weight excluding hydrogens is 501 g/mol. The van der Waals surface area contributed by atoms with Crippen LogP contribution in [-0.2, 0) is 29.9 Å². The van der Waals surface area contributed by atoms with Gasteiger partial charge in [0, 0.05) is 20.1 Å². The Bertz CT molecular complexity index is 1470. The highest BCUT2D eigenvalue weighted by Crippen LogP contribution is 2.45. The molecule has 2 aromatic carbocycles. The van der Waals surface area contributed by atoms with Gasteiger partial charge in [0.25, 0.3) is 5.56 Å². The predicted molar refractivity (Wildman–Crippen MR) is 141 cm³/mol. The molecule has 1 aliphatic carbocycles. The van der Waals surface area contributed by atoms with Gasteiger partial charge in [-0.3, -0.25) is 14.1 Å². The van der Waals surface area contributed by atoms with E-state index in [1.165, 1.54) is 33.9 Å². The second-order valence-electron chi connectivity index (χ2n) is 9.69. The first-order valence-corrected chi connectivity index (χ1v) is 14.4. The van der Waals surface area contributed by atoms with Gasteiger partial charge in [-0.2, -0.15) is 4.98 Å². The molecule has 1 fully saturated rings. The van der Waals surface area contributed by atoms with E-state index in [1.807, 2.05) is 0 Å². The summed E-state index contributed by atoms with van der Waals surface area (Å²) in [6.07, 6.45) is 5.11. The standard InChI is InChI=1S/C25H28FN5O3S2/c1-30-23(32)21(35-19-9-5-8-18(20(19)26)29-36(2,33)34)22(27)28-24(30)31-12-10-25(11-13-31)14-16-6-3-4-7-17(16)15-25/h3-9,29H,10-15,27H2,1-2H3. The number of sulfonamides is 1. The van der Waals surface area contributed by atoms with Gasteiger partial charge in [-0.15, -0.1) is 0 Å². The van der Waals surface area contributed by atoms with Gasteiger partial charge in [0.15, 0.2) is 5.82 Å². The van der Waals surface area contributed by atoms with E-state index in [-0.39, 0.29) is 32.3 Å². The minimum atomic E-state index is -3.66. The van der Waals surface area contributed by atoms with E-state index in [4.69, 9.17) is 5.73 Å². The second kappa shape index (κ2) is 9.11. The topological polar surface area (TPSA) is 110 Å². The Labute approximate surface area is 213 Å². The van der Waals surface area contributed by atoms with Crippen molar-refractivity contribution in [3.8, 4) is 0 Å². The van der Waals surface area contributed by atoms with Crippen molar-refractivity contribution >= 4 is 39.2 Å². The molecule has 190 valence electrons. The molecule has 1 saturated heterocycles. The quantitative estimate of drug-likeness (QED) is 0.521. The average molecular weight is 530 g/mol. The number of hydrogen-bond donors (Lipinski definition) is 2. The fourth-order valence-electron chi connectivity index (χ4n) is 5.25. The van der Waals surface area contributed by atoms with Gasteiger partial charge in [0.1, 0.15) is 10.7 Å². The van der Waals surface area contributed by atoms with Gasteiger partial charge in [0.2, 0.25) is 16.0 Å². The molecule has 1 aliphatic heterocycles. The van der Waals surface area contributed by atoms with Crippen molar-refractivity contribution in [2.24, 2.45) is 12.5 Å². The van der Waals surface area contributed by atoms with E-state index in [0.717, 1.165) is 56.8 Å². The van der Waals surface area contributed by atoms with Crippen LogP contribution in [0.3, 0.4) is 0 Å². The predicted octanol–water partition coefficient (Wildman–Crippen LogP) is 3.41. The molecule has 1 aromatic heterocycles. The molecule has 8 nitrogen and oxygen atoms in total. The summed E-state index contributed by atoms with van der Waals surface area (Å²) >= 11 is 0.836. The smallest absolute Gasteiger partial charge is 0.270 e. The van der Waals surface area contributed by atoms with Gasteiger partial charge >= 0.3 is 0 Å². The lowest BCUT2D eigenvalue weighted by Crippen LogP contribution is -2.43. The third kappa shape index (κ3) is 4.69.